The Hall–Kier alpha value is -2.66. The highest BCUT2D eigenvalue weighted by atomic mass is 32.1. The van der Waals surface area contributed by atoms with E-state index in [0.717, 1.165) is 29.7 Å². The number of hydrogen-bond donors (Lipinski definition) is 1. The number of carbonyl (C=O) groups is 1. The topological polar surface area (TPSA) is 51.2 Å². The van der Waals surface area contributed by atoms with Gasteiger partial charge in [0.05, 0.1) is 5.69 Å². The Balaban J connectivity index is 1.37. The third kappa shape index (κ3) is 4.19. The Morgan fingerprint density at radius 1 is 1.04 bits per heavy atom. The van der Waals surface area contributed by atoms with Crippen LogP contribution in [-0.4, -0.2) is 17.0 Å². The van der Waals surface area contributed by atoms with Crippen molar-refractivity contribution in [3.05, 3.63) is 65.2 Å². The summed E-state index contributed by atoms with van der Waals surface area (Å²) in [6, 6.07) is 18.0. The molecule has 4 nitrogen and oxygen atoms in total. The Labute approximate surface area is 163 Å². The number of aromatic nitrogens is 1. The second-order valence-electron chi connectivity index (χ2n) is 6.74. The van der Waals surface area contributed by atoms with Gasteiger partial charge in [-0.1, -0.05) is 42.5 Å². The first-order chi connectivity index (χ1) is 13.2. The first kappa shape index (κ1) is 17.7. The van der Waals surface area contributed by atoms with Crippen LogP contribution in [0.4, 0.5) is 5.13 Å². The van der Waals surface area contributed by atoms with E-state index < -0.39 is 6.10 Å². The van der Waals surface area contributed by atoms with E-state index in [1.165, 1.54) is 17.7 Å². The number of amides is 1. The van der Waals surface area contributed by atoms with Crippen LogP contribution in [-0.2, 0) is 17.6 Å². The van der Waals surface area contributed by atoms with Gasteiger partial charge in [0.25, 0.3) is 5.91 Å². The average Bonchev–Trinajstić information content (AvgIpc) is 3.11. The van der Waals surface area contributed by atoms with Crippen LogP contribution in [0.3, 0.4) is 0 Å². The molecule has 1 unspecified atom stereocenters. The van der Waals surface area contributed by atoms with Crippen molar-refractivity contribution in [2.45, 2.75) is 38.7 Å². The number of nitrogens with one attached hydrogen (secondary N) is 1. The predicted octanol–water partition coefficient (Wildman–Crippen LogP) is 5.09. The van der Waals surface area contributed by atoms with Crippen molar-refractivity contribution < 1.29 is 9.53 Å². The molecule has 0 saturated heterocycles. The first-order valence-electron chi connectivity index (χ1n) is 9.30. The molecule has 0 fully saturated rings. The van der Waals surface area contributed by atoms with Crippen LogP contribution in [0.25, 0.3) is 11.1 Å². The lowest BCUT2D eigenvalue weighted by atomic mass is 10.0. The monoisotopic (exact) mass is 378 g/mol. The molecular formula is C22H22N2O2S. The van der Waals surface area contributed by atoms with E-state index in [1.807, 2.05) is 42.5 Å². The van der Waals surface area contributed by atoms with Crippen molar-refractivity contribution in [1.82, 2.24) is 4.98 Å². The number of nitrogens with zero attached hydrogens (tertiary/aromatic N) is 1. The summed E-state index contributed by atoms with van der Waals surface area (Å²) in [5.41, 5.74) is 3.42. The van der Waals surface area contributed by atoms with Crippen molar-refractivity contribution in [3.63, 3.8) is 0 Å². The number of rotatable bonds is 5. The lowest BCUT2D eigenvalue weighted by Crippen LogP contribution is -2.30. The van der Waals surface area contributed by atoms with Crippen LogP contribution in [0, 0.1) is 0 Å². The minimum absolute atomic E-state index is 0.173. The summed E-state index contributed by atoms with van der Waals surface area (Å²) in [5, 5.41) is 3.58. The fraction of sp³-hybridized carbons (Fsp3) is 0.273. The van der Waals surface area contributed by atoms with E-state index in [4.69, 9.17) is 4.74 Å². The molecule has 1 atom stereocenters. The smallest absolute Gasteiger partial charge is 0.266 e. The fourth-order valence-electron chi connectivity index (χ4n) is 3.23. The molecule has 1 N–H and O–H groups in total. The summed E-state index contributed by atoms with van der Waals surface area (Å²) < 4.78 is 5.81. The van der Waals surface area contributed by atoms with Crippen LogP contribution in [0.1, 0.15) is 30.3 Å². The summed E-state index contributed by atoms with van der Waals surface area (Å²) in [7, 11) is 0. The van der Waals surface area contributed by atoms with Gasteiger partial charge in [-0.05, 0) is 55.9 Å². The molecule has 1 amide bonds. The standard InChI is InChI=1S/C22H22N2O2S/c1-15(21(25)24-22-23-19-9-5-6-10-20(19)27-22)26-18-13-11-17(12-14-18)16-7-3-2-4-8-16/h2-4,7-8,11-15H,5-6,9-10H2,1H3,(H,23,24,25). The maximum atomic E-state index is 12.4. The molecule has 0 aliphatic heterocycles. The molecule has 0 radical (unpaired) electrons. The molecule has 3 aromatic rings. The summed E-state index contributed by atoms with van der Waals surface area (Å²) in [5.74, 6) is 0.504. The summed E-state index contributed by atoms with van der Waals surface area (Å²) >= 11 is 1.59. The molecule has 27 heavy (non-hydrogen) atoms. The van der Waals surface area contributed by atoms with Crippen LogP contribution in [0.5, 0.6) is 5.75 Å². The van der Waals surface area contributed by atoms with Gasteiger partial charge in [0.15, 0.2) is 11.2 Å². The SMILES string of the molecule is CC(Oc1ccc(-c2ccccc2)cc1)C(=O)Nc1nc2c(s1)CCCC2. The number of ether oxygens (including phenoxy) is 1. The fourth-order valence-corrected chi connectivity index (χ4v) is 4.28. The third-order valence-corrected chi connectivity index (χ3v) is 5.79. The second-order valence-corrected chi connectivity index (χ2v) is 7.82. The minimum Gasteiger partial charge on any atom is -0.481 e. The van der Waals surface area contributed by atoms with Gasteiger partial charge in [-0.2, -0.15) is 0 Å². The Morgan fingerprint density at radius 3 is 2.48 bits per heavy atom. The van der Waals surface area contributed by atoms with Gasteiger partial charge in [-0.15, -0.1) is 11.3 Å². The van der Waals surface area contributed by atoms with Gasteiger partial charge >= 0.3 is 0 Å². The van der Waals surface area contributed by atoms with Crippen molar-refractivity contribution in [1.29, 1.82) is 0 Å². The largest absolute Gasteiger partial charge is 0.481 e. The van der Waals surface area contributed by atoms with Gasteiger partial charge in [-0.25, -0.2) is 4.98 Å². The van der Waals surface area contributed by atoms with E-state index >= 15 is 0 Å². The van der Waals surface area contributed by atoms with Crippen molar-refractivity contribution >= 4 is 22.4 Å². The number of fused-ring (bicyclic) bond motifs is 1. The summed E-state index contributed by atoms with van der Waals surface area (Å²) in [6.07, 6.45) is 3.89. The zero-order valence-electron chi connectivity index (χ0n) is 15.3. The Kier molecular flexibility index (Phi) is 5.21. The van der Waals surface area contributed by atoms with Crippen LogP contribution in [0.2, 0.25) is 0 Å². The third-order valence-electron chi connectivity index (χ3n) is 4.72. The molecule has 2 aromatic carbocycles. The first-order valence-corrected chi connectivity index (χ1v) is 10.1. The molecule has 5 heteroatoms. The molecule has 0 spiro atoms. The summed E-state index contributed by atoms with van der Waals surface area (Å²) in [6.45, 7) is 1.76. The highest BCUT2D eigenvalue weighted by Gasteiger charge is 2.19. The van der Waals surface area contributed by atoms with E-state index in [2.05, 4.69) is 22.4 Å². The molecule has 1 aromatic heterocycles. The number of aryl methyl sites for hydroxylation is 2. The Bertz CT molecular complexity index is 896. The van der Waals surface area contributed by atoms with E-state index in [0.29, 0.717) is 10.9 Å². The number of benzene rings is 2. The molecular weight excluding hydrogens is 356 g/mol. The number of thiazole rings is 1. The lowest BCUT2D eigenvalue weighted by Gasteiger charge is -2.14. The van der Waals surface area contributed by atoms with Gasteiger partial charge in [0.1, 0.15) is 5.75 Å². The minimum atomic E-state index is -0.589. The van der Waals surface area contributed by atoms with Crippen LogP contribution in [0.15, 0.2) is 54.6 Å². The molecule has 0 bridgehead atoms. The normalized spacial score (nSPS) is 14.3. The zero-order valence-corrected chi connectivity index (χ0v) is 16.1. The number of anilines is 1. The van der Waals surface area contributed by atoms with Gasteiger partial charge in [0, 0.05) is 4.88 Å². The lowest BCUT2D eigenvalue weighted by molar-refractivity contribution is -0.122. The molecule has 4 rings (SSSR count). The molecule has 0 saturated carbocycles. The molecule has 138 valence electrons. The van der Waals surface area contributed by atoms with Crippen molar-refractivity contribution in [2.24, 2.45) is 0 Å². The maximum absolute atomic E-state index is 12.4. The highest BCUT2D eigenvalue weighted by molar-refractivity contribution is 7.15. The molecule has 1 aliphatic carbocycles. The second kappa shape index (κ2) is 7.92. The molecule has 1 heterocycles. The summed E-state index contributed by atoms with van der Waals surface area (Å²) in [4.78, 5) is 18.3. The quantitative estimate of drug-likeness (QED) is 0.672. The maximum Gasteiger partial charge on any atom is 0.266 e. The van der Waals surface area contributed by atoms with Gasteiger partial charge in [-0.3, -0.25) is 10.1 Å². The van der Waals surface area contributed by atoms with Gasteiger partial charge in [0.2, 0.25) is 0 Å². The van der Waals surface area contributed by atoms with Crippen molar-refractivity contribution in [2.75, 3.05) is 5.32 Å². The molecule has 1 aliphatic rings. The van der Waals surface area contributed by atoms with Gasteiger partial charge < -0.3 is 4.74 Å². The van der Waals surface area contributed by atoms with E-state index in [-0.39, 0.29) is 5.91 Å². The highest BCUT2D eigenvalue weighted by Crippen LogP contribution is 2.29. The van der Waals surface area contributed by atoms with E-state index in [1.54, 1.807) is 18.3 Å². The van der Waals surface area contributed by atoms with Crippen LogP contribution < -0.4 is 10.1 Å². The number of hydrogen-bond acceptors (Lipinski definition) is 4. The number of carbonyl (C=O) groups excluding carboxylic acids is 1. The van der Waals surface area contributed by atoms with E-state index in [9.17, 15) is 4.79 Å². The predicted molar refractivity (Wildman–Crippen MR) is 109 cm³/mol. The van der Waals surface area contributed by atoms with Crippen molar-refractivity contribution in [3.8, 4) is 16.9 Å². The average molecular weight is 378 g/mol. The Morgan fingerprint density at radius 2 is 1.74 bits per heavy atom. The zero-order chi connectivity index (χ0) is 18.6. The van der Waals surface area contributed by atoms with Crippen LogP contribution >= 0.6 is 11.3 Å².